The Kier molecular flexibility index (Phi) is 3.91. The highest BCUT2D eigenvalue weighted by Gasteiger charge is 2.71. The number of nitrogens with zero attached hydrogens (tertiary/aromatic N) is 1. The summed E-state index contributed by atoms with van der Waals surface area (Å²) >= 11 is 0. The fraction of sp³-hybridized carbons (Fsp3) is 1.00. The molecule has 0 amide bonds. The van der Waals surface area contributed by atoms with Crippen LogP contribution in [0.5, 0.6) is 0 Å². The van der Waals surface area contributed by atoms with E-state index in [4.69, 9.17) is 5.73 Å². The average Bonchev–Trinajstić information content (AvgIpc) is 2.81. The van der Waals surface area contributed by atoms with Gasteiger partial charge in [0, 0.05) is 18.1 Å². The number of nitrogens with two attached hydrogens (primary N) is 1. The number of piperidine rings is 1. The maximum atomic E-state index is 10.1. The van der Waals surface area contributed by atoms with Crippen LogP contribution in [0.25, 0.3) is 0 Å². The van der Waals surface area contributed by atoms with E-state index in [-0.39, 0.29) is 23.5 Å². The van der Waals surface area contributed by atoms with Crippen LogP contribution in [0.3, 0.4) is 0 Å². The van der Waals surface area contributed by atoms with Crippen molar-refractivity contribution in [1.82, 2.24) is 4.90 Å². The van der Waals surface area contributed by atoms with Gasteiger partial charge in [-0.1, -0.05) is 27.2 Å². The van der Waals surface area contributed by atoms with Crippen LogP contribution >= 0.6 is 0 Å². The van der Waals surface area contributed by atoms with Crippen LogP contribution < -0.4 is 5.73 Å². The zero-order valence-electron chi connectivity index (χ0n) is 14.2. The first-order valence-electron chi connectivity index (χ1n) is 9.00. The van der Waals surface area contributed by atoms with Crippen LogP contribution in [0.15, 0.2) is 0 Å². The van der Waals surface area contributed by atoms with Gasteiger partial charge in [0.1, 0.15) is 0 Å². The molecule has 3 aliphatic rings. The molecule has 0 aromatic rings. The number of aliphatic hydroxyl groups is 1. The summed E-state index contributed by atoms with van der Waals surface area (Å²) in [5, 5.41) is 10.1. The van der Waals surface area contributed by atoms with Gasteiger partial charge in [0.25, 0.3) is 0 Å². The van der Waals surface area contributed by atoms with Gasteiger partial charge in [0.05, 0.1) is 0 Å². The van der Waals surface area contributed by atoms with Crippen molar-refractivity contribution in [2.24, 2.45) is 28.4 Å². The molecule has 0 aromatic carbocycles. The molecule has 2 saturated carbocycles. The van der Waals surface area contributed by atoms with Crippen molar-refractivity contribution < 1.29 is 5.11 Å². The van der Waals surface area contributed by atoms with Crippen molar-refractivity contribution in [3.63, 3.8) is 0 Å². The molecule has 2 aliphatic carbocycles. The Balaban J connectivity index is 2.06. The smallest absolute Gasteiger partial charge is 0.0489 e. The predicted octanol–water partition coefficient (Wildman–Crippen LogP) is 2.62. The molecule has 3 fully saturated rings. The van der Waals surface area contributed by atoms with E-state index in [2.05, 4.69) is 25.7 Å². The Labute approximate surface area is 130 Å². The van der Waals surface area contributed by atoms with E-state index in [0.29, 0.717) is 12.0 Å². The Morgan fingerprint density at radius 2 is 1.86 bits per heavy atom. The Morgan fingerprint density at radius 1 is 1.19 bits per heavy atom. The van der Waals surface area contributed by atoms with Gasteiger partial charge in [-0.25, -0.2) is 0 Å². The predicted molar refractivity (Wildman–Crippen MR) is 87.0 cm³/mol. The largest absolute Gasteiger partial charge is 0.396 e. The fourth-order valence-corrected chi connectivity index (χ4v) is 6.40. The molecular formula is C18H34N2O. The molecule has 0 radical (unpaired) electrons. The summed E-state index contributed by atoms with van der Waals surface area (Å²) in [4.78, 5) is 2.76. The lowest BCUT2D eigenvalue weighted by molar-refractivity contribution is -0.101. The molecule has 4 atom stereocenters. The quantitative estimate of drug-likeness (QED) is 0.838. The molecule has 1 aliphatic heterocycles. The van der Waals surface area contributed by atoms with Crippen LogP contribution in [-0.2, 0) is 0 Å². The first-order chi connectivity index (χ1) is 9.94. The molecule has 1 heterocycles. The topological polar surface area (TPSA) is 49.5 Å². The van der Waals surface area contributed by atoms with Crippen LogP contribution in [0.1, 0.15) is 59.3 Å². The monoisotopic (exact) mass is 294 g/mol. The zero-order chi connectivity index (χ0) is 15.3. The lowest BCUT2D eigenvalue weighted by Gasteiger charge is -2.59. The molecule has 0 unspecified atom stereocenters. The molecule has 3 rings (SSSR count). The van der Waals surface area contributed by atoms with Crippen LogP contribution in [0, 0.1) is 22.7 Å². The van der Waals surface area contributed by atoms with Crippen molar-refractivity contribution in [2.75, 3.05) is 26.2 Å². The molecule has 1 saturated heterocycles. The van der Waals surface area contributed by atoms with Gasteiger partial charge in [-0.05, 0) is 68.5 Å². The Hall–Kier alpha value is -0.120. The Morgan fingerprint density at radius 3 is 2.29 bits per heavy atom. The van der Waals surface area contributed by atoms with Gasteiger partial charge < -0.3 is 10.8 Å². The van der Waals surface area contributed by atoms with Crippen molar-refractivity contribution >= 4 is 0 Å². The van der Waals surface area contributed by atoms with Gasteiger partial charge in [0.15, 0.2) is 0 Å². The number of aliphatic hydroxyl groups excluding tert-OH is 1. The molecule has 2 bridgehead atoms. The van der Waals surface area contributed by atoms with Crippen LogP contribution in [0.2, 0.25) is 0 Å². The molecule has 3 N–H and O–H groups in total. The summed E-state index contributed by atoms with van der Waals surface area (Å²) in [6.45, 7) is 10.7. The first-order valence-corrected chi connectivity index (χ1v) is 9.00. The molecule has 0 aromatic heterocycles. The lowest BCUT2D eigenvalue weighted by Crippen LogP contribution is -2.66. The van der Waals surface area contributed by atoms with Crippen molar-refractivity contribution in [3.8, 4) is 0 Å². The van der Waals surface area contributed by atoms with E-state index in [1.165, 1.54) is 51.6 Å². The number of rotatable bonds is 4. The minimum absolute atomic E-state index is 0.128. The number of hydrogen-bond acceptors (Lipinski definition) is 3. The molecule has 21 heavy (non-hydrogen) atoms. The van der Waals surface area contributed by atoms with Crippen LogP contribution in [0.4, 0.5) is 0 Å². The average molecular weight is 294 g/mol. The minimum Gasteiger partial charge on any atom is -0.396 e. The maximum Gasteiger partial charge on any atom is 0.0489 e. The highest BCUT2D eigenvalue weighted by Crippen LogP contribution is 2.72. The van der Waals surface area contributed by atoms with Gasteiger partial charge in [-0.2, -0.15) is 0 Å². The maximum absolute atomic E-state index is 10.1. The third-order valence-corrected chi connectivity index (χ3v) is 8.05. The second-order valence-corrected chi connectivity index (χ2v) is 8.58. The van der Waals surface area contributed by atoms with Gasteiger partial charge in [0.2, 0.25) is 0 Å². The molecular weight excluding hydrogens is 260 g/mol. The SMILES string of the molecule is CC1(C)[C@H]2CC[C@@]1(C)[C@@]([C@H](CN)CO)(N1CCCCC1)C2. The van der Waals surface area contributed by atoms with Crippen molar-refractivity contribution in [3.05, 3.63) is 0 Å². The first kappa shape index (κ1) is 15.8. The minimum atomic E-state index is 0.128. The number of hydrogen-bond donors (Lipinski definition) is 2. The molecule has 122 valence electrons. The summed E-state index contributed by atoms with van der Waals surface area (Å²) in [5.41, 5.74) is 6.93. The molecule has 3 nitrogen and oxygen atoms in total. The second-order valence-electron chi connectivity index (χ2n) is 8.58. The molecule has 0 spiro atoms. The zero-order valence-corrected chi connectivity index (χ0v) is 14.2. The number of fused-ring (bicyclic) bond motifs is 2. The summed E-state index contributed by atoms with van der Waals surface area (Å²) < 4.78 is 0. The van der Waals surface area contributed by atoms with Gasteiger partial charge in [-0.3, -0.25) is 4.90 Å². The van der Waals surface area contributed by atoms with Crippen LogP contribution in [-0.4, -0.2) is 41.8 Å². The fourth-order valence-electron chi connectivity index (χ4n) is 6.40. The number of likely N-dealkylation sites (tertiary alicyclic amines) is 1. The van der Waals surface area contributed by atoms with E-state index in [1.807, 2.05) is 0 Å². The van der Waals surface area contributed by atoms with Gasteiger partial charge >= 0.3 is 0 Å². The van der Waals surface area contributed by atoms with Crippen molar-refractivity contribution in [1.29, 1.82) is 0 Å². The second kappa shape index (κ2) is 5.21. The lowest BCUT2D eigenvalue weighted by atomic mass is 9.57. The highest BCUT2D eigenvalue weighted by atomic mass is 16.3. The van der Waals surface area contributed by atoms with Gasteiger partial charge in [-0.15, -0.1) is 0 Å². The molecule has 3 heteroatoms. The van der Waals surface area contributed by atoms with E-state index >= 15 is 0 Å². The van der Waals surface area contributed by atoms with E-state index < -0.39 is 0 Å². The third-order valence-electron chi connectivity index (χ3n) is 8.05. The Bertz CT molecular complexity index is 387. The summed E-state index contributed by atoms with van der Waals surface area (Å²) in [6, 6.07) is 0. The summed E-state index contributed by atoms with van der Waals surface area (Å²) in [7, 11) is 0. The standard InChI is InChI=1S/C18H34N2O/c1-16(2)14-7-8-17(16,3)18(11-14,15(12-19)13-21)20-9-5-4-6-10-20/h14-15,21H,4-13,19H2,1-3H3/t14-,15+,17+,18+/m0/s1. The third kappa shape index (κ3) is 1.83. The van der Waals surface area contributed by atoms with E-state index in [1.54, 1.807) is 0 Å². The summed E-state index contributed by atoms with van der Waals surface area (Å²) in [5.74, 6) is 1.02. The summed E-state index contributed by atoms with van der Waals surface area (Å²) in [6.07, 6.45) is 7.90. The highest BCUT2D eigenvalue weighted by molar-refractivity contribution is 5.23. The van der Waals surface area contributed by atoms with Crippen molar-refractivity contribution in [2.45, 2.75) is 64.8 Å². The van der Waals surface area contributed by atoms with E-state index in [9.17, 15) is 5.11 Å². The van der Waals surface area contributed by atoms with E-state index in [0.717, 1.165) is 5.92 Å². The normalized spacial score (nSPS) is 44.1.